The average Bonchev–Trinajstić information content (AvgIpc) is 2.97. The Morgan fingerprint density at radius 3 is 2.22 bits per heavy atom. The van der Waals surface area contributed by atoms with E-state index in [1.165, 1.54) is 22.3 Å². The van der Waals surface area contributed by atoms with Gasteiger partial charge in [-0.25, -0.2) is 0 Å². The fourth-order valence-electron chi connectivity index (χ4n) is 3.23. The topological polar surface area (TPSA) is 17.1 Å². The Bertz CT molecular complexity index is 723. The Hall–Kier alpha value is -2.41. The highest BCUT2D eigenvalue weighted by atomic mass is 16.1. The Balaban J connectivity index is 1.84. The molecule has 0 radical (unpaired) electrons. The first-order valence-corrected chi connectivity index (χ1v) is 8.23. The summed E-state index contributed by atoms with van der Waals surface area (Å²) in [5.41, 5.74) is 5.37. The van der Waals surface area contributed by atoms with Crippen molar-refractivity contribution in [1.29, 1.82) is 0 Å². The smallest absolute Gasteiger partial charge is 0.130 e. The molecule has 0 heterocycles. The highest BCUT2D eigenvalue weighted by Gasteiger charge is 2.24. The third-order valence-electron chi connectivity index (χ3n) is 4.46. The number of ketones is 1. The van der Waals surface area contributed by atoms with Crippen molar-refractivity contribution in [3.05, 3.63) is 89.5 Å². The van der Waals surface area contributed by atoms with E-state index in [9.17, 15) is 4.79 Å². The van der Waals surface area contributed by atoms with Gasteiger partial charge in [0.15, 0.2) is 0 Å². The molecule has 0 aliphatic heterocycles. The first-order chi connectivity index (χ1) is 11.2. The lowest BCUT2D eigenvalue weighted by Crippen LogP contribution is -2.09. The molecule has 1 atom stereocenters. The molecule has 0 aromatic heterocycles. The first-order valence-electron chi connectivity index (χ1n) is 8.23. The lowest BCUT2D eigenvalue weighted by Gasteiger charge is -2.20. The third-order valence-corrected chi connectivity index (χ3v) is 4.46. The van der Waals surface area contributed by atoms with Crippen molar-refractivity contribution in [3.63, 3.8) is 0 Å². The number of Topliss-reactive ketones (excluding diaryl/α,β-unsaturated/α-hetero) is 1. The predicted molar refractivity (Wildman–Crippen MR) is 96.1 cm³/mol. The van der Waals surface area contributed by atoms with Gasteiger partial charge in [0.2, 0.25) is 0 Å². The van der Waals surface area contributed by atoms with E-state index in [4.69, 9.17) is 0 Å². The lowest BCUT2D eigenvalue weighted by atomic mass is 9.84. The second-order valence-corrected chi connectivity index (χ2v) is 6.17. The Morgan fingerprint density at radius 1 is 0.913 bits per heavy atom. The second kappa shape index (κ2) is 7.23. The van der Waals surface area contributed by atoms with Gasteiger partial charge in [0, 0.05) is 12.3 Å². The van der Waals surface area contributed by atoms with Crippen molar-refractivity contribution in [3.8, 4) is 0 Å². The number of carbonyl (C=O) groups excluding carboxylic acids is 1. The van der Waals surface area contributed by atoms with Gasteiger partial charge in [-0.05, 0) is 36.5 Å². The van der Waals surface area contributed by atoms with E-state index in [-0.39, 0.29) is 5.78 Å². The maximum atomic E-state index is 11.4. The van der Waals surface area contributed by atoms with Crippen LogP contribution < -0.4 is 0 Å². The molecule has 116 valence electrons. The molecule has 0 fully saturated rings. The number of benzene rings is 2. The molecule has 1 nitrogen and oxygen atoms in total. The zero-order valence-electron chi connectivity index (χ0n) is 13.5. The molecule has 1 unspecified atom stereocenters. The van der Waals surface area contributed by atoms with Crippen LogP contribution in [0.4, 0.5) is 0 Å². The molecular formula is C22H22O. The monoisotopic (exact) mass is 302 g/mol. The van der Waals surface area contributed by atoms with Gasteiger partial charge in [-0.3, -0.25) is 0 Å². The Morgan fingerprint density at radius 2 is 1.57 bits per heavy atom. The number of rotatable bonds is 6. The molecule has 1 aliphatic rings. The van der Waals surface area contributed by atoms with Gasteiger partial charge in [-0.15, -0.1) is 0 Å². The molecule has 2 aromatic rings. The quantitative estimate of drug-likeness (QED) is 0.713. The number of carbonyl (C=O) groups is 1. The van der Waals surface area contributed by atoms with E-state index >= 15 is 0 Å². The third kappa shape index (κ3) is 3.87. The van der Waals surface area contributed by atoms with Crippen LogP contribution in [0, 0.1) is 5.92 Å². The van der Waals surface area contributed by atoms with Gasteiger partial charge in [0.05, 0.1) is 0 Å². The molecule has 23 heavy (non-hydrogen) atoms. The highest BCUT2D eigenvalue weighted by molar-refractivity contribution is 5.78. The van der Waals surface area contributed by atoms with E-state index in [0.29, 0.717) is 12.3 Å². The van der Waals surface area contributed by atoms with Gasteiger partial charge in [0.25, 0.3) is 0 Å². The van der Waals surface area contributed by atoms with Crippen molar-refractivity contribution in [2.45, 2.75) is 26.2 Å². The zero-order valence-corrected chi connectivity index (χ0v) is 13.5. The molecule has 0 saturated carbocycles. The van der Waals surface area contributed by atoms with Crippen LogP contribution in [0.15, 0.2) is 78.4 Å². The van der Waals surface area contributed by atoms with Crippen LogP contribution >= 0.6 is 0 Å². The van der Waals surface area contributed by atoms with E-state index in [0.717, 1.165) is 12.8 Å². The van der Waals surface area contributed by atoms with Crippen LogP contribution in [-0.4, -0.2) is 5.78 Å². The summed E-state index contributed by atoms with van der Waals surface area (Å²) in [6.45, 7) is 1.67. The normalized spacial score (nSPS) is 16.8. The van der Waals surface area contributed by atoms with E-state index < -0.39 is 0 Å². The summed E-state index contributed by atoms with van der Waals surface area (Å²) in [6, 6.07) is 21.2. The van der Waals surface area contributed by atoms with Crippen molar-refractivity contribution in [2.24, 2.45) is 5.92 Å². The van der Waals surface area contributed by atoms with Crippen molar-refractivity contribution >= 4 is 11.4 Å². The first kappa shape index (κ1) is 15.5. The second-order valence-electron chi connectivity index (χ2n) is 6.17. The van der Waals surface area contributed by atoms with E-state index in [1.807, 2.05) is 0 Å². The summed E-state index contributed by atoms with van der Waals surface area (Å²) in [4.78, 5) is 11.4. The maximum Gasteiger partial charge on any atom is 0.130 e. The van der Waals surface area contributed by atoms with Gasteiger partial charge in [0.1, 0.15) is 5.78 Å². The standard InChI is InChI=1S/C22H22O/c1-17(23)12-13-20-14-15-21(19-10-6-3-7-11-19)22(20)16-18-8-4-2-5-9-18/h2-11,14-15,22H,12-13,16H2,1H3. The average molecular weight is 302 g/mol. The van der Waals surface area contributed by atoms with Crippen LogP contribution in [0.25, 0.3) is 5.57 Å². The van der Waals surface area contributed by atoms with Gasteiger partial charge >= 0.3 is 0 Å². The predicted octanol–water partition coefficient (Wildman–Crippen LogP) is 5.24. The summed E-state index contributed by atoms with van der Waals surface area (Å²) in [5.74, 6) is 0.636. The summed E-state index contributed by atoms with van der Waals surface area (Å²) in [7, 11) is 0. The summed E-state index contributed by atoms with van der Waals surface area (Å²) >= 11 is 0. The minimum Gasteiger partial charge on any atom is -0.300 e. The summed E-state index contributed by atoms with van der Waals surface area (Å²) in [5, 5.41) is 0. The summed E-state index contributed by atoms with van der Waals surface area (Å²) in [6.07, 6.45) is 6.94. The molecule has 0 bridgehead atoms. The van der Waals surface area contributed by atoms with Gasteiger partial charge in [-0.2, -0.15) is 0 Å². The van der Waals surface area contributed by atoms with Gasteiger partial charge in [-0.1, -0.05) is 78.4 Å². The molecule has 0 saturated heterocycles. The SMILES string of the molecule is CC(=O)CCC1=CC=C(c2ccccc2)C1Cc1ccccc1. The largest absolute Gasteiger partial charge is 0.300 e. The maximum absolute atomic E-state index is 11.4. The van der Waals surface area contributed by atoms with E-state index in [2.05, 4.69) is 72.8 Å². The van der Waals surface area contributed by atoms with Crippen LogP contribution in [0.3, 0.4) is 0 Å². The highest BCUT2D eigenvalue weighted by Crippen LogP contribution is 2.38. The van der Waals surface area contributed by atoms with Crippen LogP contribution in [-0.2, 0) is 11.2 Å². The van der Waals surface area contributed by atoms with Crippen molar-refractivity contribution in [1.82, 2.24) is 0 Å². The molecule has 0 spiro atoms. The number of allylic oxidation sites excluding steroid dienone is 4. The van der Waals surface area contributed by atoms with Crippen LogP contribution in [0.1, 0.15) is 30.9 Å². The number of hydrogen-bond donors (Lipinski definition) is 0. The van der Waals surface area contributed by atoms with Crippen molar-refractivity contribution in [2.75, 3.05) is 0 Å². The van der Waals surface area contributed by atoms with E-state index in [1.54, 1.807) is 6.92 Å². The molecule has 2 aromatic carbocycles. The zero-order chi connectivity index (χ0) is 16.1. The Labute approximate surface area is 138 Å². The fraction of sp³-hybridized carbons (Fsp3) is 0.227. The number of hydrogen-bond acceptors (Lipinski definition) is 1. The van der Waals surface area contributed by atoms with Crippen LogP contribution in [0.2, 0.25) is 0 Å². The van der Waals surface area contributed by atoms with Gasteiger partial charge < -0.3 is 4.79 Å². The minimum atomic E-state index is 0.262. The minimum absolute atomic E-state index is 0.262. The molecule has 0 amide bonds. The van der Waals surface area contributed by atoms with Crippen molar-refractivity contribution < 1.29 is 4.79 Å². The molecule has 0 N–H and O–H groups in total. The Kier molecular flexibility index (Phi) is 4.87. The molecule has 1 heteroatoms. The van der Waals surface area contributed by atoms with Crippen LogP contribution in [0.5, 0.6) is 0 Å². The summed E-state index contributed by atoms with van der Waals surface area (Å²) < 4.78 is 0. The molecular weight excluding hydrogens is 280 g/mol. The molecule has 3 rings (SSSR count). The lowest BCUT2D eigenvalue weighted by molar-refractivity contribution is -0.116. The molecule has 1 aliphatic carbocycles. The fourth-order valence-corrected chi connectivity index (χ4v) is 3.23.